The topological polar surface area (TPSA) is 191 Å². The second kappa shape index (κ2) is 18.7. The number of aliphatic hydroxyl groups excluding tert-OH is 3. The predicted octanol–water partition coefficient (Wildman–Crippen LogP) is 2.59. The van der Waals surface area contributed by atoms with Crippen LogP contribution in [0.15, 0.2) is 0 Å². The summed E-state index contributed by atoms with van der Waals surface area (Å²) in [5.74, 6) is -5.05. The molecule has 18 atom stereocenters. The Bertz CT molecular complexity index is 1170. The SMILES string of the molecule is CCC[C@H]1OC(=O)[C@H](C)[C@@H](O[C@H]2CC(O)[C@H](O)C(C)O2)[C@H](C)[C@@H](O[C@@H]2OC(C)CC(N(C)C)C2OC(C)=O)[C@@H](C)C[C@@H](C)C(=O)[C@H](C)[C@@H](O)[C@]1(C)O. The van der Waals surface area contributed by atoms with Crippen LogP contribution in [0.4, 0.5) is 0 Å². The third-order valence-electron chi connectivity index (χ3n) is 11.5. The van der Waals surface area contributed by atoms with Crippen molar-refractivity contribution in [2.45, 2.75) is 181 Å². The van der Waals surface area contributed by atoms with Gasteiger partial charge in [-0.1, -0.05) is 41.0 Å². The van der Waals surface area contributed by atoms with Crippen LogP contribution in [0, 0.1) is 29.6 Å². The van der Waals surface area contributed by atoms with Gasteiger partial charge in [0.25, 0.3) is 0 Å². The van der Waals surface area contributed by atoms with Gasteiger partial charge < -0.3 is 53.7 Å². The minimum atomic E-state index is -1.95. The first kappa shape index (κ1) is 44.6. The number of ketones is 1. The van der Waals surface area contributed by atoms with Crippen LogP contribution in [0.25, 0.3) is 0 Å². The van der Waals surface area contributed by atoms with Gasteiger partial charge in [0.15, 0.2) is 18.7 Å². The number of hydrogen-bond donors (Lipinski definition) is 4. The standard InChI is InChI=1S/C38H67NO13/c1-13-14-28-38(10,46)35(44)21(5)30(42)18(2)15-19(3)32(52-37-34(49-25(9)40)26(39(11)12)16-20(4)47-37)22(6)33(23(7)36(45)50-28)51-29-17-27(41)31(43)24(8)48-29/h18-24,26-29,31-35,37,41,43-44,46H,13-17H2,1-12H3/t18-,19+,20?,21+,22-,23-,24?,26?,27?,28-,29+,31-,32+,33+,34?,35-,37+,38-/m1/s1. The van der Waals surface area contributed by atoms with Gasteiger partial charge in [-0.3, -0.25) is 14.4 Å². The lowest BCUT2D eigenvalue weighted by Crippen LogP contribution is -2.58. The van der Waals surface area contributed by atoms with Crippen molar-refractivity contribution in [2.75, 3.05) is 14.1 Å². The van der Waals surface area contributed by atoms with Gasteiger partial charge >= 0.3 is 11.9 Å². The first-order valence-corrected chi connectivity index (χ1v) is 19.1. The van der Waals surface area contributed by atoms with Crippen molar-refractivity contribution < 1.29 is 63.2 Å². The summed E-state index contributed by atoms with van der Waals surface area (Å²) in [6.07, 6.45) is -9.00. The van der Waals surface area contributed by atoms with E-state index in [4.69, 9.17) is 28.4 Å². The third-order valence-corrected chi connectivity index (χ3v) is 11.5. The molecule has 3 fully saturated rings. The molecule has 14 nitrogen and oxygen atoms in total. The van der Waals surface area contributed by atoms with E-state index in [0.717, 1.165) is 0 Å². The Morgan fingerprint density at radius 2 is 1.54 bits per heavy atom. The molecule has 3 heterocycles. The maximum atomic E-state index is 14.1. The number of aliphatic hydroxyl groups is 4. The average molecular weight is 746 g/mol. The zero-order valence-electron chi connectivity index (χ0n) is 33.3. The van der Waals surface area contributed by atoms with Crippen LogP contribution in [-0.4, -0.2) is 136 Å². The average Bonchev–Trinajstić information content (AvgIpc) is 3.06. The molecule has 5 unspecified atom stereocenters. The predicted molar refractivity (Wildman–Crippen MR) is 190 cm³/mol. The summed E-state index contributed by atoms with van der Waals surface area (Å²) in [4.78, 5) is 42.3. The lowest BCUT2D eigenvalue weighted by atomic mass is 9.75. The fraction of sp³-hybridized carbons (Fsp3) is 0.921. The number of esters is 2. The minimum absolute atomic E-state index is 0.0668. The highest BCUT2D eigenvalue weighted by atomic mass is 16.7. The maximum Gasteiger partial charge on any atom is 0.311 e. The molecule has 0 amide bonds. The van der Waals surface area contributed by atoms with Gasteiger partial charge in [0.2, 0.25) is 0 Å². The Balaban J connectivity index is 2.16. The van der Waals surface area contributed by atoms with E-state index in [1.54, 1.807) is 27.7 Å². The van der Waals surface area contributed by atoms with Crippen LogP contribution in [0.3, 0.4) is 0 Å². The number of cyclic esters (lactones) is 1. The zero-order chi connectivity index (χ0) is 39.4. The minimum Gasteiger partial charge on any atom is -0.459 e. The van der Waals surface area contributed by atoms with Gasteiger partial charge in [0.1, 0.15) is 23.6 Å². The molecule has 3 saturated heterocycles. The third kappa shape index (κ3) is 10.5. The van der Waals surface area contributed by atoms with Crippen molar-refractivity contribution >= 4 is 17.7 Å². The Morgan fingerprint density at radius 1 is 0.904 bits per heavy atom. The van der Waals surface area contributed by atoms with Crippen molar-refractivity contribution in [1.29, 1.82) is 0 Å². The molecule has 302 valence electrons. The summed E-state index contributed by atoms with van der Waals surface area (Å²) in [6, 6.07) is -0.237. The van der Waals surface area contributed by atoms with Crippen molar-refractivity contribution in [3.63, 3.8) is 0 Å². The quantitative estimate of drug-likeness (QED) is 0.265. The van der Waals surface area contributed by atoms with Crippen LogP contribution >= 0.6 is 0 Å². The second-order valence-electron chi connectivity index (χ2n) is 16.3. The fourth-order valence-electron chi connectivity index (χ4n) is 8.28. The number of Topliss-reactive ketones (excluding diaryl/α,β-unsaturated/α-hetero) is 1. The molecule has 0 spiro atoms. The van der Waals surface area contributed by atoms with E-state index in [9.17, 15) is 34.8 Å². The fourth-order valence-corrected chi connectivity index (χ4v) is 8.28. The molecule has 3 aliphatic heterocycles. The summed E-state index contributed by atoms with van der Waals surface area (Å²) in [7, 11) is 3.78. The van der Waals surface area contributed by atoms with Crippen molar-refractivity contribution in [1.82, 2.24) is 4.90 Å². The van der Waals surface area contributed by atoms with Gasteiger partial charge in [-0.2, -0.15) is 0 Å². The highest BCUT2D eigenvalue weighted by Crippen LogP contribution is 2.38. The molecule has 0 saturated carbocycles. The second-order valence-corrected chi connectivity index (χ2v) is 16.3. The first-order valence-electron chi connectivity index (χ1n) is 19.1. The zero-order valence-corrected chi connectivity index (χ0v) is 33.3. The lowest BCUT2D eigenvalue weighted by molar-refractivity contribution is -0.300. The van der Waals surface area contributed by atoms with Crippen LogP contribution < -0.4 is 0 Å². The molecular weight excluding hydrogens is 678 g/mol. The number of hydrogen-bond acceptors (Lipinski definition) is 14. The molecule has 52 heavy (non-hydrogen) atoms. The Labute approximate surface area is 309 Å². The number of ether oxygens (including phenoxy) is 6. The maximum absolute atomic E-state index is 14.1. The van der Waals surface area contributed by atoms with E-state index >= 15 is 0 Å². The van der Waals surface area contributed by atoms with Crippen molar-refractivity contribution in [2.24, 2.45) is 29.6 Å². The summed E-state index contributed by atoms with van der Waals surface area (Å²) < 4.78 is 37.6. The van der Waals surface area contributed by atoms with E-state index in [1.165, 1.54) is 13.8 Å². The van der Waals surface area contributed by atoms with Crippen LogP contribution in [0.1, 0.15) is 101 Å². The van der Waals surface area contributed by atoms with Crippen molar-refractivity contribution in [3.8, 4) is 0 Å². The van der Waals surface area contributed by atoms with Gasteiger partial charge in [0.05, 0.1) is 48.6 Å². The molecule has 3 rings (SSSR count). The lowest BCUT2D eigenvalue weighted by Gasteiger charge is -2.47. The smallest absolute Gasteiger partial charge is 0.311 e. The molecule has 0 aromatic rings. The number of carbonyl (C=O) groups excluding carboxylic acids is 3. The van der Waals surface area contributed by atoms with Gasteiger partial charge in [-0.25, -0.2) is 0 Å². The van der Waals surface area contributed by atoms with Crippen LogP contribution in [0.2, 0.25) is 0 Å². The van der Waals surface area contributed by atoms with E-state index in [2.05, 4.69) is 0 Å². The highest BCUT2D eigenvalue weighted by Gasteiger charge is 2.50. The van der Waals surface area contributed by atoms with Crippen molar-refractivity contribution in [3.05, 3.63) is 0 Å². The normalized spacial score (nSPS) is 46.0. The number of carbonyl (C=O) groups is 3. The molecule has 14 heteroatoms. The first-order chi connectivity index (χ1) is 24.1. The molecular formula is C38H67NO13. The van der Waals surface area contributed by atoms with E-state index < -0.39 is 103 Å². The summed E-state index contributed by atoms with van der Waals surface area (Å²) >= 11 is 0. The summed E-state index contributed by atoms with van der Waals surface area (Å²) in [6.45, 7) is 16.9. The Morgan fingerprint density at radius 3 is 2.10 bits per heavy atom. The highest BCUT2D eigenvalue weighted by molar-refractivity contribution is 5.83. The monoisotopic (exact) mass is 745 g/mol. The van der Waals surface area contributed by atoms with E-state index in [1.807, 2.05) is 46.7 Å². The van der Waals surface area contributed by atoms with Crippen LogP contribution in [0.5, 0.6) is 0 Å². The number of rotatable bonds is 8. The van der Waals surface area contributed by atoms with Gasteiger partial charge in [-0.05, 0) is 67.0 Å². The molecule has 0 bridgehead atoms. The molecule has 0 aliphatic carbocycles. The Hall–Kier alpha value is -1.75. The van der Waals surface area contributed by atoms with E-state index in [-0.39, 0.29) is 36.7 Å². The van der Waals surface area contributed by atoms with Gasteiger partial charge in [-0.15, -0.1) is 0 Å². The van der Waals surface area contributed by atoms with E-state index in [0.29, 0.717) is 19.3 Å². The molecule has 3 aliphatic rings. The van der Waals surface area contributed by atoms with Gasteiger partial charge in [0, 0.05) is 31.1 Å². The summed E-state index contributed by atoms with van der Waals surface area (Å²) in [5.41, 5.74) is -1.95. The summed E-state index contributed by atoms with van der Waals surface area (Å²) in [5, 5.41) is 44.1. The molecule has 0 aromatic carbocycles. The molecule has 4 N–H and O–H groups in total. The molecule has 0 aromatic heterocycles. The largest absolute Gasteiger partial charge is 0.459 e. The number of nitrogens with zero attached hydrogens (tertiary/aromatic N) is 1. The number of likely N-dealkylation sites (N-methyl/N-ethyl adjacent to an activating group) is 1. The van der Waals surface area contributed by atoms with Crippen LogP contribution in [-0.2, 0) is 42.8 Å². The molecule has 0 radical (unpaired) electrons. The Kier molecular flexibility index (Phi) is 16.1.